The molecule has 0 radical (unpaired) electrons. The minimum atomic E-state index is -0.719. The van der Waals surface area contributed by atoms with Gasteiger partial charge in [-0.15, -0.1) is 0 Å². The number of cyclic esters (lactones) is 1. The van der Waals surface area contributed by atoms with Crippen molar-refractivity contribution in [3.63, 3.8) is 0 Å². The van der Waals surface area contributed by atoms with Crippen LogP contribution in [-0.4, -0.2) is 48.9 Å². The number of ether oxygens (including phenoxy) is 3. The highest BCUT2D eigenvalue weighted by molar-refractivity contribution is 5.93. The topological polar surface area (TPSA) is 99.1 Å². The largest absolute Gasteiger partial charge is 0.465 e. The summed E-state index contributed by atoms with van der Waals surface area (Å²) in [4.78, 5) is 37.2. The SMILES string of the molecule is CC(=O)OC[C@]12CCC[C@](C)(CO)[C@@H]1[C@H](OC(=O)c1ccccc1)CC1=C2COC1=O. The van der Waals surface area contributed by atoms with Crippen LogP contribution in [-0.2, 0) is 23.8 Å². The molecule has 166 valence electrons. The van der Waals surface area contributed by atoms with E-state index in [1.165, 1.54) is 6.92 Å². The summed E-state index contributed by atoms with van der Waals surface area (Å²) < 4.78 is 16.9. The maximum Gasteiger partial charge on any atom is 0.338 e. The molecule has 0 aromatic heterocycles. The van der Waals surface area contributed by atoms with Gasteiger partial charge in [0.1, 0.15) is 19.3 Å². The summed E-state index contributed by atoms with van der Waals surface area (Å²) in [5, 5.41) is 10.4. The van der Waals surface area contributed by atoms with Crippen molar-refractivity contribution in [2.45, 2.75) is 45.6 Å². The van der Waals surface area contributed by atoms with E-state index in [0.29, 0.717) is 17.6 Å². The van der Waals surface area contributed by atoms with E-state index >= 15 is 0 Å². The number of hydrogen-bond donors (Lipinski definition) is 1. The molecule has 1 heterocycles. The quantitative estimate of drug-likeness (QED) is 0.569. The van der Waals surface area contributed by atoms with Gasteiger partial charge in [-0.1, -0.05) is 31.5 Å². The molecule has 31 heavy (non-hydrogen) atoms. The van der Waals surface area contributed by atoms with E-state index in [1.54, 1.807) is 24.3 Å². The lowest BCUT2D eigenvalue weighted by Crippen LogP contribution is -2.58. The van der Waals surface area contributed by atoms with Gasteiger partial charge in [0.2, 0.25) is 0 Å². The number of aliphatic hydroxyl groups is 1. The van der Waals surface area contributed by atoms with E-state index in [0.717, 1.165) is 18.4 Å². The molecule has 0 unspecified atom stereocenters. The number of fused-ring (bicyclic) bond motifs is 2. The summed E-state index contributed by atoms with van der Waals surface area (Å²) in [5.41, 5.74) is 0.474. The molecule has 7 heteroatoms. The van der Waals surface area contributed by atoms with Crippen LogP contribution in [0, 0.1) is 16.7 Å². The average molecular weight is 428 g/mol. The van der Waals surface area contributed by atoms with E-state index in [2.05, 4.69) is 0 Å². The Kier molecular flexibility index (Phi) is 5.64. The fourth-order valence-corrected chi connectivity index (χ4v) is 5.88. The third kappa shape index (κ3) is 3.65. The van der Waals surface area contributed by atoms with Gasteiger partial charge >= 0.3 is 17.9 Å². The van der Waals surface area contributed by atoms with Crippen LogP contribution in [0.3, 0.4) is 0 Å². The molecule has 1 aromatic carbocycles. The van der Waals surface area contributed by atoms with Crippen molar-refractivity contribution in [3.8, 4) is 0 Å². The van der Waals surface area contributed by atoms with E-state index in [4.69, 9.17) is 14.2 Å². The van der Waals surface area contributed by atoms with Gasteiger partial charge in [0.05, 0.1) is 5.56 Å². The second-order valence-corrected chi connectivity index (χ2v) is 9.13. The van der Waals surface area contributed by atoms with Crippen LogP contribution < -0.4 is 0 Å². The predicted octanol–water partition coefficient (Wildman–Crippen LogP) is 2.82. The van der Waals surface area contributed by atoms with Gasteiger partial charge in [-0.05, 0) is 36.0 Å². The normalized spacial score (nSPS) is 32.0. The third-order valence-electron chi connectivity index (χ3n) is 7.22. The lowest BCUT2D eigenvalue weighted by molar-refractivity contribution is -0.159. The molecule has 3 aliphatic rings. The van der Waals surface area contributed by atoms with Crippen LogP contribution in [0.2, 0.25) is 0 Å². The van der Waals surface area contributed by atoms with E-state index in [1.807, 2.05) is 13.0 Å². The monoisotopic (exact) mass is 428 g/mol. The number of esters is 3. The number of hydrogen-bond acceptors (Lipinski definition) is 7. The second kappa shape index (κ2) is 8.11. The Morgan fingerprint density at radius 1 is 1.23 bits per heavy atom. The molecule has 0 spiro atoms. The van der Waals surface area contributed by atoms with Crippen molar-refractivity contribution in [2.75, 3.05) is 19.8 Å². The third-order valence-corrected chi connectivity index (χ3v) is 7.22. The smallest absolute Gasteiger partial charge is 0.338 e. The summed E-state index contributed by atoms with van der Waals surface area (Å²) in [7, 11) is 0. The minimum absolute atomic E-state index is 0.0669. The van der Waals surface area contributed by atoms with Crippen LogP contribution >= 0.6 is 0 Å². The summed E-state index contributed by atoms with van der Waals surface area (Å²) >= 11 is 0. The summed E-state index contributed by atoms with van der Waals surface area (Å²) in [6.45, 7) is 3.44. The van der Waals surface area contributed by atoms with Gasteiger partial charge in [-0.2, -0.15) is 0 Å². The Bertz CT molecular complexity index is 921. The van der Waals surface area contributed by atoms with Crippen LogP contribution in [0.1, 0.15) is 49.9 Å². The van der Waals surface area contributed by atoms with Crippen molar-refractivity contribution in [3.05, 3.63) is 47.0 Å². The molecule has 0 bridgehead atoms. The van der Waals surface area contributed by atoms with Gasteiger partial charge in [-0.3, -0.25) is 4.79 Å². The van der Waals surface area contributed by atoms with E-state index in [-0.39, 0.29) is 32.2 Å². The number of carbonyl (C=O) groups is 3. The van der Waals surface area contributed by atoms with E-state index < -0.39 is 34.8 Å². The maximum atomic E-state index is 12.9. The molecule has 1 saturated carbocycles. The Balaban J connectivity index is 1.79. The highest BCUT2D eigenvalue weighted by Crippen LogP contribution is 2.61. The zero-order valence-electron chi connectivity index (χ0n) is 17.9. The Morgan fingerprint density at radius 3 is 2.65 bits per heavy atom. The zero-order valence-corrected chi connectivity index (χ0v) is 17.9. The second-order valence-electron chi connectivity index (χ2n) is 9.13. The van der Waals surface area contributed by atoms with Crippen LogP contribution in [0.15, 0.2) is 41.5 Å². The first kappa shape index (κ1) is 21.6. The van der Waals surface area contributed by atoms with Crippen molar-refractivity contribution in [1.82, 2.24) is 0 Å². The molecule has 7 nitrogen and oxygen atoms in total. The molecule has 1 fully saturated rings. The molecule has 4 rings (SSSR count). The standard InChI is InChI=1S/C24H28O7/c1-15(26)30-14-24-10-6-9-23(2,13-25)20(24)19(11-17-18(24)12-29-22(17)28)31-21(27)16-7-4-3-5-8-16/h3-5,7-8,19-20,25H,6,9-14H2,1-2H3/t19-,20+,23-,24+/m1/s1. The molecule has 1 aromatic rings. The van der Waals surface area contributed by atoms with Crippen molar-refractivity contribution >= 4 is 17.9 Å². The first-order chi connectivity index (χ1) is 14.8. The van der Waals surface area contributed by atoms with Crippen molar-refractivity contribution < 1.29 is 33.7 Å². The lowest BCUT2D eigenvalue weighted by atomic mass is 9.48. The number of aliphatic hydroxyl groups excluding tert-OH is 1. The van der Waals surface area contributed by atoms with Gasteiger partial charge in [0, 0.05) is 36.9 Å². The molecule has 0 amide bonds. The van der Waals surface area contributed by atoms with Gasteiger partial charge in [-0.25, -0.2) is 9.59 Å². The van der Waals surface area contributed by atoms with Crippen molar-refractivity contribution in [1.29, 1.82) is 0 Å². The zero-order chi connectivity index (χ0) is 22.2. The van der Waals surface area contributed by atoms with Crippen LogP contribution in [0.25, 0.3) is 0 Å². The highest BCUT2D eigenvalue weighted by atomic mass is 16.6. The van der Waals surface area contributed by atoms with Gasteiger partial charge in [0.25, 0.3) is 0 Å². The first-order valence-electron chi connectivity index (χ1n) is 10.7. The molecule has 1 N–H and O–H groups in total. The van der Waals surface area contributed by atoms with Crippen molar-refractivity contribution in [2.24, 2.45) is 16.7 Å². The Morgan fingerprint density at radius 2 is 1.97 bits per heavy atom. The fraction of sp³-hybridized carbons (Fsp3) is 0.542. The van der Waals surface area contributed by atoms with E-state index in [9.17, 15) is 19.5 Å². The molecule has 4 atom stereocenters. The molecule has 0 saturated heterocycles. The first-order valence-corrected chi connectivity index (χ1v) is 10.7. The highest BCUT2D eigenvalue weighted by Gasteiger charge is 2.62. The van der Waals surface area contributed by atoms with Crippen LogP contribution in [0.4, 0.5) is 0 Å². The summed E-state index contributed by atoms with van der Waals surface area (Å²) in [5.74, 6) is -1.62. The number of rotatable bonds is 5. The average Bonchev–Trinajstić information content (AvgIpc) is 3.14. The Hall–Kier alpha value is -2.67. The fourth-order valence-electron chi connectivity index (χ4n) is 5.88. The molecule has 1 aliphatic heterocycles. The Labute approximate surface area is 181 Å². The van der Waals surface area contributed by atoms with Gasteiger partial charge in [0.15, 0.2) is 0 Å². The minimum Gasteiger partial charge on any atom is -0.465 e. The number of carbonyl (C=O) groups excluding carboxylic acids is 3. The summed E-state index contributed by atoms with van der Waals surface area (Å²) in [6, 6.07) is 8.69. The lowest BCUT2D eigenvalue weighted by Gasteiger charge is -2.57. The van der Waals surface area contributed by atoms with Crippen LogP contribution in [0.5, 0.6) is 0 Å². The predicted molar refractivity (Wildman–Crippen MR) is 110 cm³/mol. The molecule has 2 aliphatic carbocycles. The number of benzene rings is 1. The molecular formula is C24H28O7. The molecular weight excluding hydrogens is 400 g/mol. The summed E-state index contributed by atoms with van der Waals surface area (Å²) in [6.07, 6.45) is 1.78. The maximum absolute atomic E-state index is 12.9. The van der Waals surface area contributed by atoms with Gasteiger partial charge < -0.3 is 19.3 Å².